The lowest BCUT2D eigenvalue weighted by Crippen LogP contribution is -2.66. The molecular formula is C39H57NO5Si2. The first-order valence-corrected chi connectivity index (χ1v) is 23.1. The molecule has 3 aromatic carbocycles. The second-order valence-corrected chi connectivity index (χ2v) is 24.9. The van der Waals surface area contributed by atoms with E-state index < -0.39 is 16.4 Å². The number of amides is 1. The summed E-state index contributed by atoms with van der Waals surface area (Å²) in [7, 11) is -3.95. The maximum Gasteiger partial charge on any atom is 0.407 e. The monoisotopic (exact) mass is 675 g/mol. The van der Waals surface area contributed by atoms with Crippen LogP contribution in [0.5, 0.6) is 0 Å². The van der Waals surface area contributed by atoms with Gasteiger partial charge in [0, 0.05) is 21.3 Å². The van der Waals surface area contributed by atoms with Crippen LogP contribution in [-0.4, -0.2) is 54.6 Å². The van der Waals surface area contributed by atoms with E-state index >= 15 is 0 Å². The fourth-order valence-corrected chi connectivity index (χ4v) is 11.7. The van der Waals surface area contributed by atoms with E-state index in [1.54, 1.807) is 0 Å². The fourth-order valence-electron chi connectivity index (χ4n) is 6.43. The Morgan fingerprint density at radius 3 is 1.98 bits per heavy atom. The van der Waals surface area contributed by atoms with Gasteiger partial charge in [0.15, 0.2) is 6.29 Å². The Kier molecular flexibility index (Phi) is 13.9. The summed E-state index contributed by atoms with van der Waals surface area (Å²) in [6.07, 6.45) is 4.37. The second-order valence-electron chi connectivity index (χ2n) is 15.0. The molecule has 1 fully saturated rings. The summed E-state index contributed by atoms with van der Waals surface area (Å²) < 4.78 is 25.5. The van der Waals surface area contributed by atoms with Crippen LogP contribution in [-0.2, 0) is 18.6 Å². The van der Waals surface area contributed by atoms with Gasteiger partial charge >= 0.3 is 6.09 Å². The highest BCUT2D eigenvalue weighted by molar-refractivity contribution is 6.99. The van der Waals surface area contributed by atoms with Crippen LogP contribution in [0.3, 0.4) is 0 Å². The van der Waals surface area contributed by atoms with Crippen LogP contribution >= 0.6 is 0 Å². The van der Waals surface area contributed by atoms with Gasteiger partial charge in [-0.05, 0) is 65.5 Å². The van der Waals surface area contributed by atoms with Gasteiger partial charge in [0.25, 0.3) is 8.32 Å². The van der Waals surface area contributed by atoms with Crippen molar-refractivity contribution in [1.82, 2.24) is 5.32 Å². The first-order chi connectivity index (χ1) is 22.5. The number of benzene rings is 3. The number of carbonyl (C=O) groups is 1. The van der Waals surface area contributed by atoms with Gasteiger partial charge in [0.2, 0.25) is 0 Å². The molecule has 47 heavy (non-hydrogen) atoms. The molecule has 1 unspecified atom stereocenters. The van der Waals surface area contributed by atoms with Crippen LogP contribution in [0.4, 0.5) is 4.79 Å². The summed E-state index contributed by atoms with van der Waals surface area (Å²) in [5, 5.41) is 5.70. The molecule has 1 aliphatic rings. The topological polar surface area (TPSA) is 66.0 Å². The van der Waals surface area contributed by atoms with Gasteiger partial charge in [-0.2, -0.15) is 0 Å². The van der Waals surface area contributed by atoms with E-state index in [1.807, 2.05) is 18.2 Å². The van der Waals surface area contributed by atoms with Crippen molar-refractivity contribution in [3.63, 3.8) is 0 Å². The molecule has 6 nitrogen and oxygen atoms in total. The number of nitrogens with one attached hydrogen (secondary N) is 1. The number of alkyl carbamates (subject to hydrolysis) is 1. The second kappa shape index (κ2) is 17.6. The normalized spacial score (nSPS) is 17.1. The van der Waals surface area contributed by atoms with E-state index in [1.165, 1.54) is 10.4 Å². The summed E-state index contributed by atoms with van der Waals surface area (Å²) in [4.78, 5) is 13.2. The molecule has 256 valence electrons. The van der Waals surface area contributed by atoms with Gasteiger partial charge in [-0.1, -0.05) is 131 Å². The highest BCUT2D eigenvalue weighted by Crippen LogP contribution is 2.37. The largest absolute Gasteiger partial charge is 0.450 e. The van der Waals surface area contributed by atoms with Crippen molar-refractivity contribution in [3.8, 4) is 0 Å². The first kappa shape index (κ1) is 37.1. The van der Waals surface area contributed by atoms with E-state index in [-0.39, 0.29) is 29.6 Å². The smallest absolute Gasteiger partial charge is 0.407 e. The SMILES string of the molecule is CC(C)(C)[Si](OCCCC[C@H](NC(=O)OCC[Si](C)(C)C)[C@H](OC1CCCCO1)c1ccccc1)(c1ccccc1)c1ccccc1. The number of unbranched alkanes of at least 4 members (excludes halogenated alkanes) is 1. The predicted molar refractivity (Wildman–Crippen MR) is 198 cm³/mol. The van der Waals surface area contributed by atoms with Crippen LogP contribution in [0, 0.1) is 0 Å². The Hall–Kier alpha value is -2.76. The Labute approximate surface area is 285 Å². The molecule has 1 saturated heterocycles. The summed E-state index contributed by atoms with van der Waals surface area (Å²) in [5.74, 6) is 0. The van der Waals surface area contributed by atoms with E-state index in [2.05, 4.69) is 119 Å². The molecule has 1 N–H and O–H groups in total. The molecular weight excluding hydrogens is 619 g/mol. The maximum atomic E-state index is 13.2. The van der Waals surface area contributed by atoms with Gasteiger partial charge in [-0.15, -0.1) is 0 Å². The van der Waals surface area contributed by atoms with Gasteiger partial charge in [0.05, 0.1) is 12.6 Å². The van der Waals surface area contributed by atoms with Crippen molar-refractivity contribution >= 4 is 32.9 Å². The Balaban J connectivity index is 1.51. The molecule has 3 atom stereocenters. The first-order valence-electron chi connectivity index (χ1n) is 17.5. The molecule has 1 amide bonds. The lowest BCUT2D eigenvalue weighted by atomic mass is 9.97. The number of carbonyl (C=O) groups excluding carboxylic acids is 1. The van der Waals surface area contributed by atoms with Crippen LogP contribution < -0.4 is 15.7 Å². The zero-order valence-corrected chi connectivity index (χ0v) is 31.5. The standard InChI is InChI=1S/C39H57NO5Si2/c1-39(2,3)47(33-22-12-8-13-23-33,34-24-14-9-15-25-34)44-29-19-16-26-35(40-38(41)43-30-31-46(4,5)6)37(32-20-10-7-11-21-32)45-36-27-17-18-28-42-36/h7-15,20-25,35-37H,16-19,26-31H2,1-6H3,(H,40,41)/t35-,36?,37+/m0/s1. The van der Waals surface area contributed by atoms with Crippen LogP contribution in [0.2, 0.25) is 30.7 Å². The summed E-state index contributed by atoms with van der Waals surface area (Å²) in [6, 6.07) is 32.4. The highest BCUT2D eigenvalue weighted by Gasteiger charge is 2.50. The molecule has 1 heterocycles. The Bertz CT molecular complexity index is 1280. The van der Waals surface area contributed by atoms with Gasteiger partial charge < -0.3 is 24.0 Å². The van der Waals surface area contributed by atoms with E-state index in [0.717, 1.165) is 50.1 Å². The van der Waals surface area contributed by atoms with Crippen LogP contribution in [0.1, 0.15) is 71.0 Å². The number of ether oxygens (including phenoxy) is 3. The van der Waals surface area contributed by atoms with Gasteiger partial charge in [-0.25, -0.2) is 4.79 Å². The maximum absolute atomic E-state index is 13.2. The van der Waals surface area contributed by atoms with Crippen LogP contribution in [0.25, 0.3) is 0 Å². The summed E-state index contributed by atoms with van der Waals surface area (Å²) in [6.45, 7) is 15.5. The van der Waals surface area contributed by atoms with Crippen molar-refractivity contribution in [2.24, 2.45) is 0 Å². The molecule has 4 rings (SSSR count). The van der Waals surface area contributed by atoms with Gasteiger partial charge in [0.1, 0.15) is 6.10 Å². The minimum atomic E-state index is -2.61. The lowest BCUT2D eigenvalue weighted by Gasteiger charge is -2.43. The molecule has 1 aliphatic heterocycles. The molecule has 8 heteroatoms. The van der Waals surface area contributed by atoms with E-state index in [0.29, 0.717) is 19.8 Å². The van der Waals surface area contributed by atoms with E-state index in [4.69, 9.17) is 18.6 Å². The molecule has 0 aliphatic carbocycles. The molecule has 0 spiro atoms. The molecule has 0 aromatic heterocycles. The molecule has 0 bridgehead atoms. The van der Waals surface area contributed by atoms with Crippen molar-refractivity contribution in [1.29, 1.82) is 0 Å². The third-order valence-electron chi connectivity index (χ3n) is 8.96. The zero-order chi connectivity index (χ0) is 33.8. The van der Waals surface area contributed by atoms with Crippen LogP contribution in [0.15, 0.2) is 91.0 Å². The van der Waals surface area contributed by atoms with Crippen molar-refractivity contribution in [3.05, 3.63) is 96.6 Å². The molecule has 0 radical (unpaired) electrons. The number of hydrogen-bond acceptors (Lipinski definition) is 5. The highest BCUT2D eigenvalue weighted by atomic mass is 28.4. The van der Waals surface area contributed by atoms with Crippen molar-refractivity contribution < 1.29 is 23.4 Å². The predicted octanol–water partition coefficient (Wildman–Crippen LogP) is 8.45. The minimum Gasteiger partial charge on any atom is -0.450 e. The quantitative estimate of drug-likeness (QED) is 0.122. The number of rotatable bonds is 16. The third-order valence-corrected chi connectivity index (χ3v) is 15.7. The van der Waals surface area contributed by atoms with E-state index in [9.17, 15) is 4.79 Å². The Morgan fingerprint density at radius 1 is 0.851 bits per heavy atom. The average Bonchev–Trinajstić information content (AvgIpc) is 3.05. The summed E-state index contributed by atoms with van der Waals surface area (Å²) >= 11 is 0. The fraction of sp³-hybridized carbons (Fsp3) is 0.513. The molecule has 0 saturated carbocycles. The lowest BCUT2D eigenvalue weighted by molar-refractivity contribution is -0.196. The minimum absolute atomic E-state index is 0.0777. The summed E-state index contributed by atoms with van der Waals surface area (Å²) in [5.41, 5.74) is 1.03. The van der Waals surface area contributed by atoms with Crippen molar-refractivity contribution in [2.45, 2.75) is 108 Å². The Morgan fingerprint density at radius 2 is 1.45 bits per heavy atom. The van der Waals surface area contributed by atoms with Gasteiger partial charge in [-0.3, -0.25) is 0 Å². The number of hydrogen-bond donors (Lipinski definition) is 1. The average molecular weight is 676 g/mol. The molecule has 3 aromatic rings. The third kappa shape index (κ3) is 10.9. The zero-order valence-electron chi connectivity index (χ0n) is 29.5. The van der Waals surface area contributed by atoms with Crippen molar-refractivity contribution in [2.75, 3.05) is 19.8 Å².